The van der Waals surface area contributed by atoms with Crippen LogP contribution in [0.5, 0.6) is 0 Å². The third-order valence-electron chi connectivity index (χ3n) is 3.50. The molecule has 3 heterocycles. The fraction of sp³-hybridized carbons (Fsp3) is 0.333. The molecule has 0 amide bonds. The molecule has 0 aromatic carbocycles. The second kappa shape index (κ2) is 3.38. The lowest BCUT2D eigenvalue weighted by Gasteiger charge is -2.14. The summed E-state index contributed by atoms with van der Waals surface area (Å²) in [6.07, 6.45) is 5.64. The topological polar surface area (TPSA) is 82.0 Å². The van der Waals surface area contributed by atoms with Gasteiger partial charge in [0.1, 0.15) is 5.69 Å². The van der Waals surface area contributed by atoms with Crippen molar-refractivity contribution >= 4 is 12.2 Å². The zero-order valence-corrected chi connectivity index (χ0v) is 9.80. The van der Waals surface area contributed by atoms with Gasteiger partial charge in [0, 0.05) is 18.0 Å². The molecule has 0 unspecified atom stereocenters. The number of hydrogen-bond acceptors (Lipinski definition) is 5. The Bertz CT molecular complexity index is 669. The molecule has 2 aliphatic rings. The fourth-order valence-corrected chi connectivity index (χ4v) is 2.64. The Balaban J connectivity index is 1.99. The number of rotatable bonds is 0. The van der Waals surface area contributed by atoms with Crippen LogP contribution >= 0.6 is 0 Å². The van der Waals surface area contributed by atoms with Gasteiger partial charge in [-0.05, 0) is 18.4 Å². The highest BCUT2D eigenvalue weighted by atomic mass is 15.3. The normalized spacial score (nSPS) is 16.0. The Hall–Kier alpha value is -2.24. The Morgan fingerprint density at radius 3 is 3.11 bits per heavy atom. The number of aliphatic imine (C=N–C) groups is 1. The predicted octanol–water partition coefficient (Wildman–Crippen LogP) is 0.453. The standard InChI is InChI=1S/C12H12N6/c13-12-15-5-7-1-2-8-9-6-14-3-4-18(9)17-11(8)10(7)16-12/h5-6H,1-4H2,(H2,13,15,16). The number of aryl methyl sites for hydroxylation is 1. The summed E-state index contributed by atoms with van der Waals surface area (Å²) in [5.74, 6) is 0.307. The van der Waals surface area contributed by atoms with E-state index in [2.05, 4.69) is 20.1 Å². The summed E-state index contributed by atoms with van der Waals surface area (Å²) in [6, 6.07) is 0. The van der Waals surface area contributed by atoms with E-state index in [1.165, 1.54) is 5.56 Å². The van der Waals surface area contributed by atoms with Gasteiger partial charge in [-0.15, -0.1) is 0 Å². The number of nitrogen functional groups attached to an aromatic ring is 1. The smallest absolute Gasteiger partial charge is 0.220 e. The molecular formula is C12H12N6. The molecule has 6 nitrogen and oxygen atoms in total. The van der Waals surface area contributed by atoms with Crippen molar-refractivity contribution in [1.82, 2.24) is 19.7 Å². The molecule has 90 valence electrons. The van der Waals surface area contributed by atoms with Crippen molar-refractivity contribution < 1.29 is 0 Å². The number of fused-ring (bicyclic) bond motifs is 5. The van der Waals surface area contributed by atoms with E-state index < -0.39 is 0 Å². The van der Waals surface area contributed by atoms with Crippen LogP contribution < -0.4 is 5.73 Å². The van der Waals surface area contributed by atoms with Crippen LogP contribution in [-0.4, -0.2) is 32.5 Å². The molecule has 0 atom stereocenters. The van der Waals surface area contributed by atoms with E-state index in [-0.39, 0.29) is 0 Å². The third-order valence-corrected chi connectivity index (χ3v) is 3.50. The summed E-state index contributed by atoms with van der Waals surface area (Å²) in [4.78, 5) is 12.7. The average molecular weight is 240 g/mol. The van der Waals surface area contributed by atoms with Gasteiger partial charge in [-0.3, -0.25) is 9.67 Å². The van der Waals surface area contributed by atoms with Crippen LogP contribution in [0.1, 0.15) is 16.8 Å². The number of aromatic nitrogens is 4. The summed E-state index contributed by atoms with van der Waals surface area (Å²) < 4.78 is 2.02. The van der Waals surface area contributed by atoms with Gasteiger partial charge in [-0.1, -0.05) is 0 Å². The minimum atomic E-state index is 0.307. The van der Waals surface area contributed by atoms with Gasteiger partial charge in [-0.2, -0.15) is 5.10 Å². The first-order valence-corrected chi connectivity index (χ1v) is 6.04. The summed E-state index contributed by atoms with van der Waals surface area (Å²) in [6.45, 7) is 1.64. The molecule has 18 heavy (non-hydrogen) atoms. The highest BCUT2D eigenvalue weighted by Crippen LogP contribution is 2.33. The molecule has 4 rings (SSSR count). The van der Waals surface area contributed by atoms with Crippen molar-refractivity contribution in [3.63, 3.8) is 0 Å². The van der Waals surface area contributed by atoms with Crippen molar-refractivity contribution in [2.24, 2.45) is 4.99 Å². The van der Waals surface area contributed by atoms with Crippen molar-refractivity contribution in [1.29, 1.82) is 0 Å². The lowest BCUT2D eigenvalue weighted by Crippen LogP contribution is -2.13. The van der Waals surface area contributed by atoms with Gasteiger partial charge in [0.2, 0.25) is 5.95 Å². The van der Waals surface area contributed by atoms with Gasteiger partial charge >= 0.3 is 0 Å². The summed E-state index contributed by atoms with van der Waals surface area (Å²) >= 11 is 0. The van der Waals surface area contributed by atoms with Crippen LogP contribution in [0.25, 0.3) is 11.4 Å². The maximum atomic E-state index is 5.68. The minimum absolute atomic E-state index is 0.307. The van der Waals surface area contributed by atoms with Crippen LogP contribution in [0.3, 0.4) is 0 Å². The van der Waals surface area contributed by atoms with E-state index >= 15 is 0 Å². The maximum absolute atomic E-state index is 5.68. The average Bonchev–Trinajstić information content (AvgIpc) is 2.78. The molecule has 0 bridgehead atoms. The molecule has 0 saturated carbocycles. The first-order chi connectivity index (χ1) is 8.83. The van der Waals surface area contributed by atoms with E-state index in [4.69, 9.17) is 5.73 Å². The predicted molar refractivity (Wildman–Crippen MR) is 67.5 cm³/mol. The van der Waals surface area contributed by atoms with E-state index in [1.54, 1.807) is 0 Å². The molecular weight excluding hydrogens is 228 g/mol. The molecule has 0 spiro atoms. The first-order valence-electron chi connectivity index (χ1n) is 6.04. The van der Waals surface area contributed by atoms with Crippen LogP contribution in [0.4, 0.5) is 5.95 Å². The fourth-order valence-electron chi connectivity index (χ4n) is 2.64. The van der Waals surface area contributed by atoms with Gasteiger partial charge in [0.25, 0.3) is 0 Å². The molecule has 2 aromatic rings. The van der Waals surface area contributed by atoms with E-state index in [0.29, 0.717) is 5.95 Å². The van der Waals surface area contributed by atoms with Gasteiger partial charge in [-0.25, -0.2) is 9.97 Å². The van der Waals surface area contributed by atoms with Crippen molar-refractivity contribution in [2.45, 2.75) is 19.4 Å². The lowest BCUT2D eigenvalue weighted by atomic mass is 9.93. The molecule has 1 aliphatic carbocycles. The Morgan fingerprint density at radius 2 is 2.17 bits per heavy atom. The number of nitrogens with zero attached hydrogens (tertiary/aromatic N) is 5. The molecule has 2 aromatic heterocycles. The van der Waals surface area contributed by atoms with Crippen molar-refractivity contribution in [2.75, 3.05) is 12.3 Å². The minimum Gasteiger partial charge on any atom is -0.368 e. The van der Waals surface area contributed by atoms with E-state index in [1.807, 2.05) is 17.1 Å². The third kappa shape index (κ3) is 1.23. The second-order valence-corrected chi connectivity index (χ2v) is 4.57. The zero-order chi connectivity index (χ0) is 12.1. The highest BCUT2D eigenvalue weighted by molar-refractivity contribution is 5.84. The molecule has 0 radical (unpaired) electrons. The lowest BCUT2D eigenvalue weighted by molar-refractivity contribution is 0.611. The van der Waals surface area contributed by atoms with Crippen LogP contribution in [0, 0.1) is 0 Å². The largest absolute Gasteiger partial charge is 0.368 e. The zero-order valence-electron chi connectivity index (χ0n) is 9.80. The van der Waals surface area contributed by atoms with Gasteiger partial charge < -0.3 is 5.73 Å². The van der Waals surface area contributed by atoms with E-state index in [0.717, 1.165) is 48.6 Å². The van der Waals surface area contributed by atoms with Crippen molar-refractivity contribution in [3.8, 4) is 11.4 Å². The summed E-state index contributed by atoms with van der Waals surface area (Å²) in [5.41, 5.74) is 11.0. The molecule has 0 fully saturated rings. The van der Waals surface area contributed by atoms with Gasteiger partial charge in [0.05, 0.1) is 24.5 Å². The summed E-state index contributed by atoms with van der Waals surface area (Å²) in [5, 5.41) is 4.65. The number of nitrogens with two attached hydrogens (primary N) is 1. The van der Waals surface area contributed by atoms with E-state index in [9.17, 15) is 0 Å². The Morgan fingerprint density at radius 1 is 1.22 bits per heavy atom. The van der Waals surface area contributed by atoms with Gasteiger partial charge in [0.15, 0.2) is 0 Å². The quantitative estimate of drug-likeness (QED) is 0.725. The SMILES string of the molecule is Nc1ncc2c(n1)-c1nn3c(c1CC2)C=NCC3. The second-order valence-electron chi connectivity index (χ2n) is 4.57. The first kappa shape index (κ1) is 9.76. The molecule has 0 saturated heterocycles. The highest BCUT2D eigenvalue weighted by Gasteiger charge is 2.26. The van der Waals surface area contributed by atoms with Crippen LogP contribution in [0.15, 0.2) is 11.2 Å². The number of anilines is 1. The maximum Gasteiger partial charge on any atom is 0.220 e. The Labute approximate surface area is 104 Å². The monoisotopic (exact) mass is 240 g/mol. The summed E-state index contributed by atoms with van der Waals surface area (Å²) in [7, 11) is 0. The van der Waals surface area contributed by atoms with Crippen LogP contribution in [0.2, 0.25) is 0 Å². The Kier molecular flexibility index (Phi) is 1.83. The molecule has 6 heteroatoms. The number of hydrogen-bond donors (Lipinski definition) is 1. The molecule has 2 N–H and O–H groups in total. The van der Waals surface area contributed by atoms with Crippen LogP contribution in [-0.2, 0) is 19.4 Å². The van der Waals surface area contributed by atoms with Crippen molar-refractivity contribution in [3.05, 3.63) is 23.0 Å². The molecule has 1 aliphatic heterocycles.